The number of benzene rings is 2. The average Bonchev–Trinajstić information content (AvgIpc) is 3.11. The highest BCUT2D eigenvalue weighted by Crippen LogP contribution is 2.42. The Labute approximate surface area is 166 Å². The second-order valence-corrected chi connectivity index (χ2v) is 7.56. The van der Waals surface area contributed by atoms with Gasteiger partial charge in [-0.2, -0.15) is 0 Å². The Morgan fingerprint density at radius 1 is 1.14 bits per heavy atom. The minimum absolute atomic E-state index is 0.0163. The number of hydrogen-bond acceptors (Lipinski definition) is 6. The fourth-order valence-electron chi connectivity index (χ4n) is 4.21. The number of nitro benzene ring substituents is 1. The molecule has 0 bridgehead atoms. The van der Waals surface area contributed by atoms with Gasteiger partial charge in [0.25, 0.3) is 5.69 Å². The van der Waals surface area contributed by atoms with Crippen molar-refractivity contribution in [3.63, 3.8) is 0 Å². The number of piperidine rings is 1. The second-order valence-electron chi connectivity index (χ2n) is 7.12. The van der Waals surface area contributed by atoms with Gasteiger partial charge < -0.3 is 5.11 Å². The number of carboxylic acid groups (broad SMARTS) is 1. The highest BCUT2D eigenvalue weighted by Gasteiger charge is 2.49. The fraction of sp³-hybridized carbons (Fsp3) is 0.316. The number of fused-ring (bicyclic) bond motifs is 1. The van der Waals surface area contributed by atoms with Crippen molar-refractivity contribution in [2.45, 2.75) is 24.7 Å². The summed E-state index contributed by atoms with van der Waals surface area (Å²) in [6.07, 6.45) is 0.118. The van der Waals surface area contributed by atoms with Gasteiger partial charge in [-0.15, -0.1) is 0 Å². The Morgan fingerprint density at radius 3 is 2.57 bits per heavy atom. The molecule has 2 heterocycles. The van der Waals surface area contributed by atoms with Crippen molar-refractivity contribution in [1.82, 2.24) is 16.2 Å². The van der Waals surface area contributed by atoms with Crippen molar-refractivity contribution in [3.8, 4) is 0 Å². The number of hydrogen-bond donors (Lipinski definition) is 4. The maximum absolute atomic E-state index is 12.1. The Bertz CT molecular complexity index is 907. The number of rotatable bonds is 4. The van der Waals surface area contributed by atoms with Gasteiger partial charge in [-0.1, -0.05) is 35.9 Å². The van der Waals surface area contributed by atoms with Crippen LogP contribution >= 0.6 is 11.6 Å². The number of carboxylic acids is 1. The first-order valence-corrected chi connectivity index (χ1v) is 9.31. The van der Waals surface area contributed by atoms with E-state index in [4.69, 9.17) is 11.6 Å². The zero-order valence-corrected chi connectivity index (χ0v) is 15.5. The molecular formula is C19H19ClN4O4. The third-order valence-corrected chi connectivity index (χ3v) is 5.78. The van der Waals surface area contributed by atoms with E-state index in [0.29, 0.717) is 17.0 Å². The van der Waals surface area contributed by atoms with Crippen LogP contribution in [0.5, 0.6) is 0 Å². The van der Waals surface area contributed by atoms with Crippen molar-refractivity contribution < 1.29 is 14.8 Å². The van der Waals surface area contributed by atoms with Gasteiger partial charge in [0.05, 0.1) is 23.0 Å². The molecule has 0 aromatic heterocycles. The lowest BCUT2D eigenvalue weighted by molar-refractivity contribution is -0.384. The smallest absolute Gasteiger partial charge is 0.307 e. The molecule has 0 amide bonds. The molecule has 0 radical (unpaired) electrons. The first-order chi connectivity index (χ1) is 13.4. The predicted octanol–water partition coefficient (Wildman–Crippen LogP) is 2.77. The van der Waals surface area contributed by atoms with E-state index in [2.05, 4.69) is 16.2 Å². The number of hydrazine groups is 1. The van der Waals surface area contributed by atoms with Crippen molar-refractivity contribution >= 4 is 23.3 Å². The third-order valence-electron chi connectivity index (χ3n) is 5.53. The summed E-state index contributed by atoms with van der Waals surface area (Å²) in [4.78, 5) is 22.7. The zero-order chi connectivity index (χ0) is 19.8. The lowest BCUT2D eigenvalue weighted by atomic mass is 9.75. The van der Waals surface area contributed by atoms with Crippen LogP contribution in [0.15, 0.2) is 48.5 Å². The van der Waals surface area contributed by atoms with Crippen LogP contribution < -0.4 is 16.2 Å². The quantitative estimate of drug-likeness (QED) is 0.459. The van der Waals surface area contributed by atoms with Crippen molar-refractivity contribution in [1.29, 1.82) is 0 Å². The summed E-state index contributed by atoms with van der Waals surface area (Å²) in [5, 5.41) is 25.1. The minimum Gasteiger partial charge on any atom is -0.481 e. The van der Waals surface area contributed by atoms with Crippen molar-refractivity contribution in [2.24, 2.45) is 11.8 Å². The van der Waals surface area contributed by atoms with E-state index in [-0.39, 0.29) is 29.9 Å². The van der Waals surface area contributed by atoms with E-state index in [1.807, 2.05) is 12.1 Å². The van der Waals surface area contributed by atoms with Crippen LogP contribution in [0.2, 0.25) is 5.02 Å². The molecule has 9 heteroatoms. The molecular weight excluding hydrogens is 384 g/mol. The van der Waals surface area contributed by atoms with E-state index in [9.17, 15) is 20.0 Å². The summed E-state index contributed by atoms with van der Waals surface area (Å²) >= 11 is 5.96. The monoisotopic (exact) mass is 402 g/mol. The van der Waals surface area contributed by atoms with Gasteiger partial charge >= 0.3 is 5.97 Å². The largest absolute Gasteiger partial charge is 0.481 e. The molecule has 8 nitrogen and oxygen atoms in total. The molecule has 2 aromatic rings. The molecule has 4 N–H and O–H groups in total. The number of nitrogens with one attached hydrogen (secondary N) is 3. The number of nitro groups is 1. The van der Waals surface area contributed by atoms with Gasteiger partial charge in [0.15, 0.2) is 0 Å². The molecule has 0 saturated carbocycles. The van der Waals surface area contributed by atoms with Gasteiger partial charge in [0, 0.05) is 29.1 Å². The first kappa shape index (κ1) is 18.8. The average molecular weight is 403 g/mol. The zero-order valence-electron chi connectivity index (χ0n) is 14.7. The normalized spacial score (nSPS) is 29.2. The molecule has 28 heavy (non-hydrogen) atoms. The standard InChI is InChI=1S/C19H19ClN4O4/c20-12-6-4-10(5-7-12)15-9-14(19(25)26)16-17(22-23-18(16)21-15)11-2-1-3-13(8-11)24(27)28/h1-8,14-18,21-23H,9H2,(H,25,26). The third kappa shape index (κ3) is 3.47. The van der Waals surface area contributed by atoms with E-state index >= 15 is 0 Å². The van der Waals surface area contributed by atoms with Crippen LogP contribution in [0.3, 0.4) is 0 Å². The summed E-state index contributed by atoms with van der Waals surface area (Å²) in [5.41, 5.74) is 7.90. The van der Waals surface area contributed by atoms with Gasteiger partial charge in [-0.25, -0.2) is 10.9 Å². The summed E-state index contributed by atoms with van der Waals surface area (Å²) in [6, 6.07) is 13.2. The van der Waals surface area contributed by atoms with Crippen LogP contribution in [-0.4, -0.2) is 22.2 Å². The van der Waals surface area contributed by atoms with Gasteiger partial charge in [0.2, 0.25) is 0 Å². The summed E-state index contributed by atoms with van der Waals surface area (Å²) in [7, 11) is 0. The minimum atomic E-state index is -0.878. The Kier molecular flexibility index (Phi) is 5.03. The van der Waals surface area contributed by atoms with Crippen molar-refractivity contribution in [2.75, 3.05) is 0 Å². The number of nitrogens with zero attached hydrogens (tertiary/aromatic N) is 1. The number of aliphatic carboxylic acids is 1. The first-order valence-electron chi connectivity index (χ1n) is 8.94. The molecule has 146 valence electrons. The van der Waals surface area contributed by atoms with Crippen LogP contribution in [-0.2, 0) is 4.79 Å². The van der Waals surface area contributed by atoms with Crippen molar-refractivity contribution in [3.05, 3.63) is 74.8 Å². The van der Waals surface area contributed by atoms with Crippen LogP contribution in [0.1, 0.15) is 29.6 Å². The lowest BCUT2D eigenvalue weighted by Gasteiger charge is -2.39. The topological polar surface area (TPSA) is 117 Å². The molecule has 0 aliphatic carbocycles. The van der Waals surface area contributed by atoms with Crippen LogP contribution in [0, 0.1) is 22.0 Å². The number of halogens is 1. The number of carbonyl (C=O) groups is 1. The fourth-order valence-corrected chi connectivity index (χ4v) is 4.33. The van der Waals surface area contributed by atoms with Crippen LogP contribution in [0.25, 0.3) is 0 Å². The SMILES string of the molecule is O=C(O)C1CC(c2ccc(Cl)cc2)NC2NNC(c3cccc([N+](=O)[O-])c3)C21. The Balaban J connectivity index is 1.63. The maximum Gasteiger partial charge on any atom is 0.307 e. The van der Waals surface area contributed by atoms with E-state index < -0.39 is 16.8 Å². The highest BCUT2D eigenvalue weighted by molar-refractivity contribution is 6.30. The summed E-state index contributed by atoms with van der Waals surface area (Å²) in [5.74, 6) is -1.81. The lowest BCUT2D eigenvalue weighted by Crippen LogP contribution is -2.53. The van der Waals surface area contributed by atoms with Gasteiger partial charge in [0.1, 0.15) is 0 Å². The molecule has 2 aliphatic heterocycles. The Hall–Kier alpha value is -2.52. The van der Waals surface area contributed by atoms with E-state index in [1.54, 1.807) is 24.3 Å². The molecule has 2 saturated heterocycles. The second kappa shape index (κ2) is 7.48. The molecule has 4 rings (SSSR count). The molecule has 0 spiro atoms. The molecule has 5 atom stereocenters. The predicted molar refractivity (Wildman–Crippen MR) is 102 cm³/mol. The number of non-ortho nitro benzene ring substituents is 1. The van der Waals surface area contributed by atoms with E-state index in [1.165, 1.54) is 12.1 Å². The maximum atomic E-state index is 12.1. The van der Waals surface area contributed by atoms with Crippen LogP contribution in [0.4, 0.5) is 5.69 Å². The molecule has 2 fully saturated rings. The molecule has 2 aliphatic rings. The Morgan fingerprint density at radius 2 is 1.89 bits per heavy atom. The summed E-state index contributed by atoms with van der Waals surface area (Å²) in [6.45, 7) is 0. The molecule has 5 unspecified atom stereocenters. The molecule has 2 aromatic carbocycles. The van der Waals surface area contributed by atoms with Gasteiger partial charge in [-0.3, -0.25) is 20.2 Å². The summed E-state index contributed by atoms with van der Waals surface area (Å²) < 4.78 is 0. The highest BCUT2D eigenvalue weighted by atomic mass is 35.5. The van der Waals surface area contributed by atoms with E-state index in [0.717, 1.165) is 5.56 Å². The van der Waals surface area contributed by atoms with Gasteiger partial charge in [-0.05, 0) is 29.7 Å².